The Labute approximate surface area is 100 Å². The molecular formula is C14H16FNO. The summed E-state index contributed by atoms with van der Waals surface area (Å²) in [6, 6.07) is 6.75. The fraction of sp³-hybridized carbons (Fsp3) is 0.500. The highest BCUT2D eigenvalue weighted by molar-refractivity contribution is 5.84. The van der Waals surface area contributed by atoms with Gasteiger partial charge in [-0.05, 0) is 49.3 Å². The maximum absolute atomic E-state index is 12.9. The fourth-order valence-corrected chi connectivity index (χ4v) is 2.26. The van der Waals surface area contributed by atoms with Crippen molar-refractivity contribution in [2.45, 2.75) is 37.6 Å². The highest BCUT2D eigenvalue weighted by Gasteiger charge is 2.38. The van der Waals surface area contributed by atoms with Crippen molar-refractivity contribution in [3.8, 4) is 0 Å². The summed E-state index contributed by atoms with van der Waals surface area (Å²) in [5, 5.41) is 3.06. The van der Waals surface area contributed by atoms with Gasteiger partial charge in [-0.25, -0.2) is 4.39 Å². The molecule has 90 valence electrons. The molecule has 0 radical (unpaired) electrons. The summed E-state index contributed by atoms with van der Waals surface area (Å²) in [5.74, 6) is 0.267. The highest BCUT2D eigenvalue weighted by atomic mass is 19.1. The van der Waals surface area contributed by atoms with Gasteiger partial charge in [0.1, 0.15) is 5.82 Å². The average Bonchev–Trinajstić information content (AvgIpc) is 3.15. The number of hydrogen-bond acceptors (Lipinski definition) is 1. The van der Waals surface area contributed by atoms with Gasteiger partial charge in [0.15, 0.2) is 0 Å². The summed E-state index contributed by atoms with van der Waals surface area (Å²) < 4.78 is 12.9. The summed E-state index contributed by atoms with van der Waals surface area (Å²) in [7, 11) is 0. The van der Waals surface area contributed by atoms with Crippen LogP contribution in [0.15, 0.2) is 24.3 Å². The van der Waals surface area contributed by atoms with Crippen molar-refractivity contribution < 1.29 is 9.18 Å². The molecule has 0 bridgehead atoms. The van der Waals surface area contributed by atoms with E-state index in [1.54, 1.807) is 12.1 Å². The first-order valence-electron chi connectivity index (χ1n) is 6.30. The molecule has 1 unspecified atom stereocenters. The van der Waals surface area contributed by atoms with E-state index in [0.29, 0.717) is 12.0 Å². The predicted octanol–water partition coefficient (Wildman–Crippen LogP) is 2.60. The Kier molecular flexibility index (Phi) is 2.61. The van der Waals surface area contributed by atoms with Crippen molar-refractivity contribution in [2.75, 3.05) is 0 Å². The van der Waals surface area contributed by atoms with Gasteiger partial charge >= 0.3 is 0 Å². The maximum atomic E-state index is 12.9. The number of carbonyl (C=O) groups excluding carboxylic acids is 1. The minimum atomic E-state index is -0.245. The van der Waals surface area contributed by atoms with Crippen LogP contribution in [0.2, 0.25) is 0 Å². The lowest BCUT2D eigenvalue weighted by Gasteiger charge is -2.16. The van der Waals surface area contributed by atoms with Gasteiger partial charge in [-0.2, -0.15) is 0 Å². The minimum absolute atomic E-state index is 0.0730. The standard InChI is InChI=1S/C14H16FNO/c15-11-5-3-10(4-6-11)13(9-1-2-9)14(17)16-12-7-8-12/h3-6,9,12-13H,1-2,7-8H2,(H,16,17). The quantitative estimate of drug-likeness (QED) is 0.851. The van der Waals surface area contributed by atoms with E-state index in [-0.39, 0.29) is 17.6 Å². The number of rotatable bonds is 4. The lowest BCUT2D eigenvalue weighted by molar-refractivity contribution is -0.123. The van der Waals surface area contributed by atoms with Gasteiger partial charge in [-0.3, -0.25) is 4.79 Å². The first-order valence-corrected chi connectivity index (χ1v) is 6.30. The molecule has 2 aliphatic carbocycles. The Morgan fingerprint density at radius 1 is 1.18 bits per heavy atom. The third-order valence-electron chi connectivity index (χ3n) is 3.53. The van der Waals surface area contributed by atoms with E-state index in [0.717, 1.165) is 31.2 Å². The molecule has 0 heterocycles. The number of hydrogen-bond donors (Lipinski definition) is 1. The molecule has 0 spiro atoms. The first kappa shape index (κ1) is 10.8. The van der Waals surface area contributed by atoms with Crippen LogP contribution in [0.5, 0.6) is 0 Å². The second kappa shape index (κ2) is 4.13. The molecule has 0 saturated heterocycles. The van der Waals surface area contributed by atoms with Crippen molar-refractivity contribution in [2.24, 2.45) is 5.92 Å². The molecule has 2 fully saturated rings. The molecule has 0 aliphatic heterocycles. The van der Waals surface area contributed by atoms with E-state index in [1.807, 2.05) is 0 Å². The van der Waals surface area contributed by atoms with Crippen LogP contribution in [0.4, 0.5) is 4.39 Å². The zero-order chi connectivity index (χ0) is 11.8. The summed E-state index contributed by atoms with van der Waals surface area (Å²) in [5.41, 5.74) is 0.951. The van der Waals surface area contributed by atoms with Gasteiger partial charge in [-0.1, -0.05) is 12.1 Å². The zero-order valence-electron chi connectivity index (χ0n) is 9.66. The molecule has 1 aromatic rings. The largest absolute Gasteiger partial charge is 0.353 e. The van der Waals surface area contributed by atoms with Crippen LogP contribution in [0.3, 0.4) is 0 Å². The Balaban J connectivity index is 1.78. The average molecular weight is 233 g/mol. The molecule has 1 atom stereocenters. The van der Waals surface area contributed by atoms with Crippen molar-refractivity contribution in [1.29, 1.82) is 0 Å². The Morgan fingerprint density at radius 3 is 2.35 bits per heavy atom. The van der Waals surface area contributed by atoms with Gasteiger partial charge in [0.05, 0.1) is 5.92 Å². The van der Waals surface area contributed by atoms with Crippen molar-refractivity contribution in [3.63, 3.8) is 0 Å². The smallest absolute Gasteiger partial charge is 0.228 e. The first-order chi connectivity index (χ1) is 8.24. The maximum Gasteiger partial charge on any atom is 0.228 e. The molecule has 3 rings (SSSR count). The summed E-state index contributed by atoms with van der Waals surface area (Å²) >= 11 is 0. The Morgan fingerprint density at radius 2 is 1.82 bits per heavy atom. The minimum Gasteiger partial charge on any atom is -0.353 e. The molecule has 1 amide bonds. The summed E-state index contributed by atoms with van der Waals surface area (Å²) in [6.07, 6.45) is 4.43. The normalized spacial score (nSPS) is 21.0. The second-order valence-electron chi connectivity index (χ2n) is 5.15. The van der Waals surface area contributed by atoms with Crippen LogP contribution < -0.4 is 5.32 Å². The predicted molar refractivity (Wildman–Crippen MR) is 63.0 cm³/mol. The molecule has 0 aromatic heterocycles. The van der Waals surface area contributed by atoms with Crippen LogP contribution in [0.1, 0.15) is 37.2 Å². The molecule has 2 nitrogen and oxygen atoms in total. The van der Waals surface area contributed by atoms with Crippen LogP contribution in [-0.2, 0) is 4.79 Å². The van der Waals surface area contributed by atoms with E-state index >= 15 is 0 Å². The molecule has 1 N–H and O–H groups in total. The van der Waals surface area contributed by atoms with Crippen LogP contribution in [0, 0.1) is 11.7 Å². The Bertz CT molecular complexity index is 420. The van der Waals surface area contributed by atoms with Crippen LogP contribution >= 0.6 is 0 Å². The van der Waals surface area contributed by atoms with Gasteiger partial charge in [0.2, 0.25) is 5.91 Å². The van der Waals surface area contributed by atoms with Gasteiger partial charge in [0.25, 0.3) is 0 Å². The summed E-state index contributed by atoms with van der Waals surface area (Å²) in [6.45, 7) is 0. The topological polar surface area (TPSA) is 29.1 Å². The number of nitrogens with one attached hydrogen (secondary N) is 1. The third-order valence-corrected chi connectivity index (χ3v) is 3.53. The fourth-order valence-electron chi connectivity index (χ4n) is 2.26. The van der Waals surface area contributed by atoms with Crippen molar-refractivity contribution in [1.82, 2.24) is 5.32 Å². The van der Waals surface area contributed by atoms with E-state index in [1.165, 1.54) is 12.1 Å². The van der Waals surface area contributed by atoms with E-state index in [9.17, 15) is 9.18 Å². The van der Waals surface area contributed by atoms with Gasteiger partial charge in [0, 0.05) is 6.04 Å². The van der Waals surface area contributed by atoms with Crippen molar-refractivity contribution in [3.05, 3.63) is 35.6 Å². The lowest BCUT2D eigenvalue weighted by Crippen LogP contribution is -2.32. The number of halogens is 1. The van der Waals surface area contributed by atoms with Crippen molar-refractivity contribution >= 4 is 5.91 Å². The van der Waals surface area contributed by atoms with E-state index in [4.69, 9.17) is 0 Å². The number of benzene rings is 1. The van der Waals surface area contributed by atoms with E-state index in [2.05, 4.69) is 5.32 Å². The monoisotopic (exact) mass is 233 g/mol. The molecule has 1 aromatic carbocycles. The number of carbonyl (C=O) groups is 1. The number of amides is 1. The molecule has 2 aliphatic rings. The summed E-state index contributed by atoms with van der Waals surface area (Å²) in [4.78, 5) is 12.2. The third kappa shape index (κ3) is 2.48. The molecule has 17 heavy (non-hydrogen) atoms. The zero-order valence-corrected chi connectivity index (χ0v) is 9.66. The lowest BCUT2D eigenvalue weighted by atomic mass is 9.93. The van der Waals surface area contributed by atoms with E-state index < -0.39 is 0 Å². The van der Waals surface area contributed by atoms with Crippen LogP contribution in [0.25, 0.3) is 0 Å². The Hall–Kier alpha value is -1.38. The van der Waals surface area contributed by atoms with Crippen LogP contribution in [-0.4, -0.2) is 11.9 Å². The molecular weight excluding hydrogens is 217 g/mol. The molecule has 2 saturated carbocycles. The second-order valence-corrected chi connectivity index (χ2v) is 5.15. The van der Waals surface area contributed by atoms with Gasteiger partial charge in [-0.15, -0.1) is 0 Å². The SMILES string of the molecule is O=C(NC1CC1)C(c1ccc(F)cc1)C1CC1. The highest BCUT2D eigenvalue weighted by Crippen LogP contribution is 2.43. The van der Waals surface area contributed by atoms with Gasteiger partial charge < -0.3 is 5.32 Å². The molecule has 3 heteroatoms.